The van der Waals surface area contributed by atoms with Gasteiger partial charge in [-0.25, -0.2) is 13.2 Å². The molecule has 6 heteroatoms. The van der Waals surface area contributed by atoms with Crippen molar-refractivity contribution in [1.82, 2.24) is 10.2 Å². The average molecular weight is 330 g/mol. The highest BCUT2D eigenvalue weighted by atomic mass is 32.2. The fourth-order valence-electron chi connectivity index (χ4n) is 3.30. The van der Waals surface area contributed by atoms with Crippen molar-refractivity contribution in [1.29, 1.82) is 0 Å². The summed E-state index contributed by atoms with van der Waals surface area (Å²) in [5.74, 6) is 2.09. The van der Waals surface area contributed by atoms with E-state index >= 15 is 0 Å². The Kier molecular flexibility index (Phi) is 6.12. The molecule has 0 atom stereocenters. The molecule has 0 unspecified atom stereocenters. The van der Waals surface area contributed by atoms with Crippen LogP contribution in [-0.2, 0) is 9.84 Å². The van der Waals surface area contributed by atoms with Crippen LogP contribution in [0.2, 0.25) is 0 Å². The lowest BCUT2D eigenvalue weighted by atomic mass is 9.87. The van der Waals surface area contributed by atoms with E-state index in [2.05, 4.69) is 19.2 Å². The zero-order valence-electron chi connectivity index (χ0n) is 13.9. The van der Waals surface area contributed by atoms with Gasteiger partial charge in [-0.2, -0.15) is 0 Å². The third kappa shape index (κ3) is 5.14. The van der Waals surface area contributed by atoms with E-state index in [4.69, 9.17) is 0 Å². The summed E-state index contributed by atoms with van der Waals surface area (Å²) >= 11 is 0. The molecule has 1 heterocycles. The molecule has 1 N–H and O–H groups in total. The lowest BCUT2D eigenvalue weighted by Gasteiger charge is -2.33. The zero-order valence-corrected chi connectivity index (χ0v) is 14.7. The van der Waals surface area contributed by atoms with Crippen LogP contribution in [0.3, 0.4) is 0 Å². The number of carbonyl (C=O) groups excluding carboxylic acids is 1. The number of nitrogens with one attached hydrogen (secondary N) is 1. The lowest BCUT2D eigenvalue weighted by molar-refractivity contribution is 0.157. The van der Waals surface area contributed by atoms with Crippen molar-refractivity contribution in [2.75, 3.05) is 31.1 Å². The molecule has 22 heavy (non-hydrogen) atoms. The number of urea groups is 1. The number of amides is 2. The van der Waals surface area contributed by atoms with Gasteiger partial charge in [-0.05, 0) is 43.4 Å². The highest BCUT2D eigenvalue weighted by Gasteiger charge is 2.26. The summed E-state index contributed by atoms with van der Waals surface area (Å²) in [4.78, 5) is 13.9. The molecule has 0 bridgehead atoms. The molecule has 0 aromatic heterocycles. The summed E-state index contributed by atoms with van der Waals surface area (Å²) in [6, 6.07) is -0.110. The predicted molar refractivity (Wildman–Crippen MR) is 88.5 cm³/mol. The van der Waals surface area contributed by atoms with Crippen molar-refractivity contribution in [3.05, 3.63) is 0 Å². The minimum Gasteiger partial charge on any atom is -0.337 e. The Bertz CT molecular complexity index is 464. The van der Waals surface area contributed by atoms with Crippen molar-refractivity contribution in [3.8, 4) is 0 Å². The first kappa shape index (κ1) is 17.6. The second-order valence-electron chi connectivity index (χ2n) is 7.21. The first-order chi connectivity index (χ1) is 10.4. The van der Waals surface area contributed by atoms with Crippen LogP contribution in [-0.4, -0.2) is 50.5 Å². The van der Waals surface area contributed by atoms with Gasteiger partial charge in [0.25, 0.3) is 0 Å². The van der Waals surface area contributed by atoms with Crippen molar-refractivity contribution >= 4 is 15.9 Å². The summed E-state index contributed by atoms with van der Waals surface area (Å²) in [5, 5.41) is 2.77. The van der Waals surface area contributed by atoms with E-state index in [1.54, 1.807) is 0 Å². The topological polar surface area (TPSA) is 66.5 Å². The second kappa shape index (κ2) is 7.66. The van der Waals surface area contributed by atoms with E-state index in [1.165, 1.54) is 0 Å². The van der Waals surface area contributed by atoms with E-state index < -0.39 is 9.84 Å². The van der Waals surface area contributed by atoms with Crippen LogP contribution in [0.15, 0.2) is 0 Å². The molecule has 2 rings (SSSR count). The van der Waals surface area contributed by atoms with Gasteiger partial charge in [-0.15, -0.1) is 0 Å². The minimum atomic E-state index is -3.02. The Balaban J connectivity index is 1.65. The SMILES string of the molecule is CC(C)C1CCN(C(=O)NCCS(=O)(=O)CC2CCC2)CC1. The van der Waals surface area contributed by atoms with Crippen LogP contribution >= 0.6 is 0 Å². The average Bonchev–Trinajstić information content (AvgIpc) is 2.43. The number of sulfone groups is 1. The maximum Gasteiger partial charge on any atom is 0.317 e. The van der Waals surface area contributed by atoms with E-state index in [1.807, 2.05) is 4.90 Å². The number of rotatable bonds is 6. The van der Waals surface area contributed by atoms with Crippen LogP contribution in [0.4, 0.5) is 4.79 Å². The monoisotopic (exact) mass is 330 g/mol. The van der Waals surface area contributed by atoms with E-state index in [9.17, 15) is 13.2 Å². The van der Waals surface area contributed by atoms with Crippen molar-refractivity contribution < 1.29 is 13.2 Å². The van der Waals surface area contributed by atoms with Gasteiger partial charge in [-0.3, -0.25) is 0 Å². The quantitative estimate of drug-likeness (QED) is 0.812. The highest BCUT2D eigenvalue weighted by Crippen LogP contribution is 2.27. The van der Waals surface area contributed by atoms with E-state index in [-0.39, 0.29) is 18.3 Å². The summed E-state index contributed by atoms with van der Waals surface area (Å²) in [7, 11) is -3.02. The van der Waals surface area contributed by atoms with E-state index in [0.717, 1.165) is 45.2 Å². The van der Waals surface area contributed by atoms with E-state index in [0.29, 0.717) is 23.5 Å². The predicted octanol–water partition coefficient (Wildman–Crippen LogP) is 2.28. The molecule has 2 fully saturated rings. The van der Waals surface area contributed by atoms with Gasteiger partial charge in [0.15, 0.2) is 9.84 Å². The molecule has 2 amide bonds. The molecule has 0 aromatic carbocycles. The summed E-state index contributed by atoms with van der Waals surface area (Å²) in [6.45, 7) is 6.26. The molecule has 128 valence electrons. The summed E-state index contributed by atoms with van der Waals surface area (Å²) < 4.78 is 23.9. The fraction of sp³-hybridized carbons (Fsp3) is 0.938. The van der Waals surface area contributed by atoms with Gasteiger partial charge < -0.3 is 10.2 Å². The summed E-state index contributed by atoms with van der Waals surface area (Å²) in [6.07, 6.45) is 5.33. The number of hydrogen-bond donors (Lipinski definition) is 1. The maximum atomic E-state index is 12.1. The first-order valence-corrected chi connectivity index (χ1v) is 10.4. The molecule has 2 aliphatic rings. The molecule has 1 saturated heterocycles. The van der Waals surface area contributed by atoms with Gasteiger partial charge in [0.2, 0.25) is 0 Å². The Morgan fingerprint density at radius 3 is 2.32 bits per heavy atom. The number of hydrogen-bond acceptors (Lipinski definition) is 3. The van der Waals surface area contributed by atoms with Crippen LogP contribution in [0.1, 0.15) is 46.0 Å². The van der Waals surface area contributed by atoms with Gasteiger partial charge in [-0.1, -0.05) is 20.3 Å². The number of piperidine rings is 1. The van der Waals surface area contributed by atoms with Crippen molar-refractivity contribution in [2.45, 2.75) is 46.0 Å². The lowest BCUT2D eigenvalue weighted by Crippen LogP contribution is -2.46. The Morgan fingerprint density at radius 2 is 1.82 bits per heavy atom. The maximum absolute atomic E-state index is 12.1. The number of likely N-dealkylation sites (tertiary alicyclic amines) is 1. The molecular formula is C16H30N2O3S. The normalized spacial score (nSPS) is 21.0. The molecule has 5 nitrogen and oxygen atoms in total. The highest BCUT2D eigenvalue weighted by molar-refractivity contribution is 7.91. The van der Waals surface area contributed by atoms with Crippen LogP contribution in [0.25, 0.3) is 0 Å². The largest absolute Gasteiger partial charge is 0.337 e. The molecule has 1 aliphatic heterocycles. The zero-order chi connectivity index (χ0) is 16.2. The molecular weight excluding hydrogens is 300 g/mol. The number of carbonyl (C=O) groups is 1. The Labute approximate surface area is 134 Å². The second-order valence-corrected chi connectivity index (χ2v) is 9.44. The summed E-state index contributed by atoms with van der Waals surface area (Å²) in [5.41, 5.74) is 0. The van der Waals surface area contributed by atoms with Crippen molar-refractivity contribution in [3.63, 3.8) is 0 Å². The molecule has 1 saturated carbocycles. The molecule has 0 aromatic rings. The molecule has 0 spiro atoms. The Morgan fingerprint density at radius 1 is 1.18 bits per heavy atom. The van der Waals surface area contributed by atoms with Crippen LogP contribution < -0.4 is 5.32 Å². The fourth-order valence-corrected chi connectivity index (χ4v) is 4.93. The molecule has 1 aliphatic carbocycles. The van der Waals surface area contributed by atoms with Gasteiger partial charge in [0, 0.05) is 19.6 Å². The van der Waals surface area contributed by atoms with Crippen molar-refractivity contribution in [2.24, 2.45) is 17.8 Å². The minimum absolute atomic E-state index is 0.0672. The van der Waals surface area contributed by atoms with Gasteiger partial charge >= 0.3 is 6.03 Å². The molecule has 0 radical (unpaired) electrons. The van der Waals surface area contributed by atoms with Crippen LogP contribution in [0, 0.1) is 17.8 Å². The third-order valence-electron chi connectivity index (χ3n) is 5.17. The third-order valence-corrected chi connectivity index (χ3v) is 6.98. The van der Waals surface area contributed by atoms with Gasteiger partial charge in [0.1, 0.15) is 0 Å². The van der Waals surface area contributed by atoms with Gasteiger partial charge in [0.05, 0.1) is 11.5 Å². The number of nitrogens with zero attached hydrogens (tertiary/aromatic N) is 1. The standard InChI is InChI=1S/C16H30N2O3S/c1-13(2)15-6-9-18(10-7-15)16(19)17-8-11-22(20,21)12-14-4-3-5-14/h13-15H,3-12H2,1-2H3,(H,17,19). The Hall–Kier alpha value is -0.780. The smallest absolute Gasteiger partial charge is 0.317 e. The van der Waals surface area contributed by atoms with Crippen LogP contribution in [0.5, 0.6) is 0 Å². The first-order valence-electron chi connectivity index (χ1n) is 8.60.